The van der Waals surface area contributed by atoms with E-state index in [1.54, 1.807) is 12.1 Å². The number of rotatable bonds is 3. The highest BCUT2D eigenvalue weighted by molar-refractivity contribution is 7.92. The molecule has 0 unspecified atom stereocenters. The molecule has 114 valence electrons. The summed E-state index contributed by atoms with van der Waals surface area (Å²) in [5.74, 6) is -0.266. The van der Waals surface area contributed by atoms with Crippen LogP contribution in [0, 0.1) is 0 Å². The first kappa shape index (κ1) is 15.3. The van der Waals surface area contributed by atoms with E-state index >= 15 is 0 Å². The first-order valence-electron chi connectivity index (χ1n) is 6.67. The van der Waals surface area contributed by atoms with Crippen molar-refractivity contribution in [3.05, 3.63) is 24.3 Å². The molecular formula is C13H19N5O2S. The molecule has 0 amide bonds. The van der Waals surface area contributed by atoms with Crippen molar-refractivity contribution in [3.63, 3.8) is 0 Å². The zero-order chi connectivity index (χ0) is 15.5. The van der Waals surface area contributed by atoms with Crippen molar-refractivity contribution in [3.8, 4) is 0 Å². The normalized spacial score (nSPS) is 16.9. The fourth-order valence-corrected chi connectivity index (χ4v) is 4.25. The zero-order valence-corrected chi connectivity index (χ0v) is 12.4. The molecule has 0 spiro atoms. The Hall–Kier alpha value is -2.09. The monoisotopic (exact) mass is 309 g/mol. The summed E-state index contributed by atoms with van der Waals surface area (Å²) >= 11 is 0. The Morgan fingerprint density at radius 1 is 1.05 bits per heavy atom. The summed E-state index contributed by atoms with van der Waals surface area (Å²) in [5, 5.41) is -0.265. The van der Waals surface area contributed by atoms with Crippen molar-refractivity contribution in [2.24, 2.45) is 27.2 Å². The minimum absolute atomic E-state index is 0.0820. The molecular weight excluding hydrogens is 290 g/mol. The van der Waals surface area contributed by atoms with Gasteiger partial charge in [0, 0.05) is 0 Å². The lowest BCUT2D eigenvalue weighted by Crippen LogP contribution is -2.26. The molecule has 0 radical (unpaired) electrons. The lowest BCUT2D eigenvalue weighted by atomic mass is 10.3. The number of aliphatic imine (C=N–C) groups is 2. The predicted molar refractivity (Wildman–Crippen MR) is 83.0 cm³/mol. The van der Waals surface area contributed by atoms with Gasteiger partial charge in [-0.2, -0.15) is 4.99 Å². The van der Waals surface area contributed by atoms with Crippen LogP contribution in [-0.4, -0.2) is 25.6 Å². The smallest absolute Gasteiger partial charge is 0.223 e. The average Bonchev–Trinajstić information content (AvgIpc) is 2.92. The van der Waals surface area contributed by atoms with E-state index < -0.39 is 9.84 Å². The fourth-order valence-electron chi connectivity index (χ4n) is 2.39. The third-order valence-corrected chi connectivity index (χ3v) is 5.67. The van der Waals surface area contributed by atoms with E-state index in [1.807, 2.05) is 0 Å². The summed E-state index contributed by atoms with van der Waals surface area (Å²) in [4.78, 5) is 7.87. The van der Waals surface area contributed by atoms with Crippen molar-refractivity contribution in [2.75, 3.05) is 0 Å². The Morgan fingerprint density at radius 3 is 2.14 bits per heavy atom. The second-order valence-corrected chi connectivity index (χ2v) is 7.18. The van der Waals surface area contributed by atoms with Gasteiger partial charge < -0.3 is 17.2 Å². The van der Waals surface area contributed by atoms with E-state index in [1.165, 1.54) is 12.1 Å². The second kappa shape index (κ2) is 6.13. The summed E-state index contributed by atoms with van der Waals surface area (Å²) in [5.41, 5.74) is 16.4. The van der Waals surface area contributed by atoms with Gasteiger partial charge in [-0.05, 0) is 37.1 Å². The highest BCUT2D eigenvalue weighted by atomic mass is 32.2. The molecule has 6 N–H and O–H groups in total. The first-order chi connectivity index (χ1) is 9.89. The van der Waals surface area contributed by atoms with Crippen molar-refractivity contribution in [1.82, 2.24) is 0 Å². The Bertz CT molecular complexity index is 654. The third-order valence-electron chi connectivity index (χ3n) is 3.39. The number of nitrogens with zero attached hydrogens (tertiary/aromatic N) is 2. The molecule has 1 saturated carbocycles. The molecule has 0 aromatic heterocycles. The van der Waals surface area contributed by atoms with E-state index in [2.05, 4.69) is 9.98 Å². The van der Waals surface area contributed by atoms with Crippen LogP contribution in [0.1, 0.15) is 25.7 Å². The van der Waals surface area contributed by atoms with Crippen LogP contribution in [0.5, 0.6) is 0 Å². The average molecular weight is 309 g/mol. The largest absolute Gasteiger partial charge is 0.370 e. The molecule has 1 aliphatic rings. The van der Waals surface area contributed by atoms with E-state index in [0.29, 0.717) is 10.6 Å². The molecule has 8 heteroatoms. The van der Waals surface area contributed by atoms with Crippen LogP contribution < -0.4 is 17.2 Å². The van der Waals surface area contributed by atoms with Gasteiger partial charge in [-0.15, -0.1) is 0 Å². The maximum atomic E-state index is 12.4. The van der Waals surface area contributed by atoms with Crippen molar-refractivity contribution >= 4 is 27.4 Å². The number of hydrogen-bond acceptors (Lipinski definition) is 3. The van der Waals surface area contributed by atoms with Crippen LogP contribution in [-0.2, 0) is 9.84 Å². The molecule has 0 saturated heterocycles. The SMILES string of the molecule is NC(N)=NC(N)=Nc1ccc(S(=O)(=O)C2CCCC2)cc1. The lowest BCUT2D eigenvalue weighted by molar-refractivity contribution is 0.579. The minimum atomic E-state index is -3.25. The molecule has 21 heavy (non-hydrogen) atoms. The van der Waals surface area contributed by atoms with Gasteiger partial charge in [-0.25, -0.2) is 13.4 Å². The van der Waals surface area contributed by atoms with E-state index in [4.69, 9.17) is 17.2 Å². The van der Waals surface area contributed by atoms with Crippen molar-refractivity contribution < 1.29 is 8.42 Å². The standard InChI is InChI=1S/C13H19N5O2S/c14-12(15)18-13(16)17-9-5-7-11(8-6-9)21(19,20)10-3-1-2-4-10/h5-8,10H,1-4H2,(H6,14,15,16,17,18). The second-order valence-electron chi connectivity index (χ2n) is 4.95. The third kappa shape index (κ3) is 3.72. The molecule has 0 atom stereocenters. The summed E-state index contributed by atoms with van der Waals surface area (Å²) < 4.78 is 24.8. The topological polar surface area (TPSA) is 137 Å². The molecule has 2 rings (SSSR count). The van der Waals surface area contributed by atoms with Crippen molar-refractivity contribution in [2.45, 2.75) is 35.8 Å². The Balaban J connectivity index is 2.21. The van der Waals surface area contributed by atoms with Crippen LogP contribution in [0.3, 0.4) is 0 Å². The zero-order valence-electron chi connectivity index (χ0n) is 11.6. The lowest BCUT2D eigenvalue weighted by Gasteiger charge is -2.11. The summed E-state index contributed by atoms with van der Waals surface area (Å²) in [6, 6.07) is 6.23. The molecule has 7 nitrogen and oxygen atoms in total. The maximum Gasteiger partial charge on any atom is 0.223 e. The van der Waals surface area contributed by atoms with Crippen molar-refractivity contribution in [1.29, 1.82) is 0 Å². The van der Waals surface area contributed by atoms with Gasteiger partial charge in [0.25, 0.3) is 0 Å². The Labute approximate surface area is 123 Å². The summed E-state index contributed by atoms with van der Waals surface area (Å²) in [7, 11) is -3.25. The van der Waals surface area contributed by atoms with Gasteiger partial charge in [0.2, 0.25) is 5.96 Å². The van der Waals surface area contributed by atoms with E-state index in [9.17, 15) is 8.42 Å². The number of sulfone groups is 1. The molecule has 0 aliphatic heterocycles. The van der Waals surface area contributed by atoms with Gasteiger partial charge >= 0.3 is 0 Å². The van der Waals surface area contributed by atoms with Crippen LogP contribution >= 0.6 is 0 Å². The minimum Gasteiger partial charge on any atom is -0.370 e. The molecule has 1 aromatic rings. The highest BCUT2D eigenvalue weighted by Gasteiger charge is 2.29. The first-order valence-corrected chi connectivity index (χ1v) is 8.22. The molecule has 0 heterocycles. The highest BCUT2D eigenvalue weighted by Crippen LogP contribution is 2.30. The summed E-state index contributed by atoms with van der Waals surface area (Å²) in [6.45, 7) is 0. The number of guanidine groups is 2. The molecule has 1 fully saturated rings. The number of hydrogen-bond donors (Lipinski definition) is 3. The Kier molecular flexibility index (Phi) is 4.46. The van der Waals surface area contributed by atoms with Crippen LogP contribution in [0.4, 0.5) is 5.69 Å². The van der Waals surface area contributed by atoms with E-state index in [0.717, 1.165) is 25.7 Å². The van der Waals surface area contributed by atoms with Gasteiger partial charge in [-0.3, -0.25) is 0 Å². The van der Waals surface area contributed by atoms with Crippen LogP contribution in [0.15, 0.2) is 39.1 Å². The van der Waals surface area contributed by atoms with Gasteiger partial charge in [0.15, 0.2) is 15.8 Å². The molecule has 1 aromatic carbocycles. The quantitative estimate of drug-likeness (QED) is 0.555. The predicted octanol–water partition coefficient (Wildman–Crippen LogP) is 0.623. The van der Waals surface area contributed by atoms with E-state index in [-0.39, 0.29) is 17.2 Å². The summed E-state index contributed by atoms with van der Waals surface area (Å²) in [6.07, 6.45) is 3.42. The number of nitrogens with two attached hydrogens (primary N) is 3. The maximum absolute atomic E-state index is 12.4. The fraction of sp³-hybridized carbons (Fsp3) is 0.385. The van der Waals surface area contributed by atoms with Gasteiger partial charge in [0.05, 0.1) is 15.8 Å². The van der Waals surface area contributed by atoms with Crippen LogP contribution in [0.25, 0.3) is 0 Å². The van der Waals surface area contributed by atoms with Gasteiger partial charge in [-0.1, -0.05) is 12.8 Å². The van der Waals surface area contributed by atoms with Gasteiger partial charge in [0.1, 0.15) is 0 Å². The van der Waals surface area contributed by atoms with Crippen LogP contribution in [0.2, 0.25) is 0 Å². The Morgan fingerprint density at radius 2 is 1.62 bits per heavy atom. The molecule has 0 bridgehead atoms. The molecule has 1 aliphatic carbocycles. The number of benzene rings is 1.